The van der Waals surface area contributed by atoms with Crippen LogP contribution in [0.2, 0.25) is 0 Å². The molecule has 0 unspecified atom stereocenters. The smallest absolute Gasteiger partial charge is 0.340 e. The minimum absolute atomic E-state index is 0.317. The van der Waals surface area contributed by atoms with Gasteiger partial charge in [-0.2, -0.15) is 0 Å². The van der Waals surface area contributed by atoms with Crippen LogP contribution in [-0.2, 0) is 17.8 Å². The first kappa shape index (κ1) is 22.1. The van der Waals surface area contributed by atoms with Crippen LogP contribution in [0.25, 0.3) is 16.6 Å². The number of nitrogens with zero attached hydrogens (tertiary/aromatic N) is 1. The third-order valence-electron chi connectivity index (χ3n) is 5.39. The fourth-order valence-corrected chi connectivity index (χ4v) is 4.48. The Labute approximate surface area is 196 Å². The number of carbonyl (C=O) groups excluding carboxylic acids is 1. The number of para-hydroxylation sites is 1. The van der Waals surface area contributed by atoms with Crippen LogP contribution in [-0.4, -0.2) is 24.3 Å². The maximum Gasteiger partial charge on any atom is 0.340 e. The maximum atomic E-state index is 13.1. The highest BCUT2D eigenvalue weighted by Crippen LogP contribution is 2.37. The molecule has 32 heavy (non-hydrogen) atoms. The quantitative estimate of drug-likeness (QED) is 0.357. The Bertz CT molecular complexity index is 1220. The van der Waals surface area contributed by atoms with E-state index in [1.807, 2.05) is 67.6 Å². The number of hydrogen-bond acceptors (Lipinski definition) is 3. The minimum atomic E-state index is -0.320. The molecule has 0 aliphatic carbocycles. The number of nitrogens with two attached hydrogens (primary N) is 1. The molecular weight excluding hydrogens is 468 g/mol. The Balaban J connectivity index is 1.89. The molecule has 6 heteroatoms. The topological polar surface area (TPSA) is 57.1 Å². The minimum Gasteiger partial charge on any atom is -0.496 e. The summed E-state index contributed by atoms with van der Waals surface area (Å²) in [5.74, 6) is 0.354. The fourth-order valence-electron chi connectivity index (χ4n) is 3.98. The molecule has 1 aromatic heterocycles. The number of hydrogen-bond donors (Lipinski definition) is 1. The van der Waals surface area contributed by atoms with E-state index in [4.69, 9.17) is 9.47 Å². The molecule has 0 radical (unpaired) electrons. The highest BCUT2D eigenvalue weighted by Gasteiger charge is 2.26. The molecule has 0 aliphatic heterocycles. The van der Waals surface area contributed by atoms with Crippen LogP contribution in [0.15, 0.2) is 77.3 Å². The standard InChI is InChI=1S/C26H25BrN2O3/c1-3-32-26(30)25-20-14-24(31-2)21(27)15-22(20)29(19-12-8-5-9-13-19)23(25)17-28-16-18-10-6-4-7-11-18/h4-15,28H,3,16-17H2,1-2H3/p+1. The second kappa shape index (κ2) is 10.0. The number of fused-ring (bicyclic) bond motifs is 1. The molecule has 0 saturated heterocycles. The number of methoxy groups -OCH3 is 1. The number of ether oxygens (including phenoxy) is 2. The van der Waals surface area contributed by atoms with Crippen LogP contribution < -0.4 is 10.1 Å². The summed E-state index contributed by atoms with van der Waals surface area (Å²) in [7, 11) is 1.62. The van der Waals surface area contributed by atoms with Crippen LogP contribution in [0.1, 0.15) is 28.5 Å². The number of halogens is 1. The van der Waals surface area contributed by atoms with Gasteiger partial charge in [0.05, 0.1) is 35.0 Å². The fraction of sp³-hybridized carbons (Fsp3) is 0.192. The van der Waals surface area contributed by atoms with Crippen LogP contribution in [0.5, 0.6) is 5.75 Å². The summed E-state index contributed by atoms with van der Waals surface area (Å²) in [6.07, 6.45) is 0. The van der Waals surface area contributed by atoms with Crippen molar-refractivity contribution >= 4 is 32.8 Å². The van der Waals surface area contributed by atoms with Gasteiger partial charge >= 0.3 is 5.97 Å². The molecule has 0 atom stereocenters. The van der Waals surface area contributed by atoms with E-state index in [1.165, 1.54) is 5.56 Å². The summed E-state index contributed by atoms with van der Waals surface area (Å²) >= 11 is 3.61. The monoisotopic (exact) mass is 493 g/mol. The largest absolute Gasteiger partial charge is 0.496 e. The molecule has 0 bridgehead atoms. The van der Waals surface area contributed by atoms with Crippen molar-refractivity contribution in [1.82, 2.24) is 4.57 Å². The van der Waals surface area contributed by atoms with Crippen molar-refractivity contribution in [1.29, 1.82) is 0 Å². The Hall–Kier alpha value is -3.09. The van der Waals surface area contributed by atoms with Crippen molar-refractivity contribution in [2.45, 2.75) is 20.0 Å². The average Bonchev–Trinajstić information content (AvgIpc) is 3.12. The zero-order chi connectivity index (χ0) is 22.5. The molecule has 2 N–H and O–H groups in total. The van der Waals surface area contributed by atoms with Gasteiger partial charge < -0.3 is 19.4 Å². The molecule has 4 aromatic rings. The van der Waals surface area contributed by atoms with Crippen LogP contribution in [0, 0.1) is 0 Å². The molecule has 0 aliphatic rings. The third-order valence-corrected chi connectivity index (χ3v) is 6.01. The molecular formula is C26H26BrN2O3+. The molecule has 0 amide bonds. The maximum absolute atomic E-state index is 13.1. The van der Waals surface area contributed by atoms with Gasteiger partial charge in [-0.1, -0.05) is 48.5 Å². The first-order valence-corrected chi connectivity index (χ1v) is 11.4. The number of quaternary nitrogens is 1. The van der Waals surface area contributed by atoms with Crippen molar-refractivity contribution in [3.05, 3.63) is 94.1 Å². The SMILES string of the molecule is CCOC(=O)c1c(C[NH2+]Cc2ccccc2)n(-c2ccccc2)c2cc(Br)c(OC)cc12. The summed E-state index contributed by atoms with van der Waals surface area (Å²) in [4.78, 5) is 13.1. The Morgan fingerprint density at radius 2 is 1.69 bits per heavy atom. The molecule has 4 rings (SSSR count). The van der Waals surface area contributed by atoms with Gasteiger partial charge in [0.15, 0.2) is 0 Å². The van der Waals surface area contributed by atoms with E-state index in [9.17, 15) is 4.79 Å². The van der Waals surface area contributed by atoms with Gasteiger partial charge in [-0.25, -0.2) is 4.79 Å². The highest BCUT2D eigenvalue weighted by molar-refractivity contribution is 9.10. The highest BCUT2D eigenvalue weighted by atomic mass is 79.9. The lowest BCUT2D eigenvalue weighted by molar-refractivity contribution is -0.686. The normalized spacial score (nSPS) is 11.0. The van der Waals surface area contributed by atoms with E-state index in [0.717, 1.165) is 33.3 Å². The van der Waals surface area contributed by atoms with Crippen molar-refractivity contribution in [3.8, 4) is 11.4 Å². The second-order valence-corrected chi connectivity index (χ2v) is 8.25. The summed E-state index contributed by atoms with van der Waals surface area (Å²) in [6.45, 7) is 3.57. The predicted molar refractivity (Wildman–Crippen MR) is 129 cm³/mol. The molecule has 5 nitrogen and oxygen atoms in total. The van der Waals surface area contributed by atoms with Gasteiger partial charge in [-0.3, -0.25) is 0 Å². The van der Waals surface area contributed by atoms with E-state index in [-0.39, 0.29) is 5.97 Å². The Morgan fingerprint density at radius 1 is 1.00 bits per heavy atom. The van der Waals surface area contributed by atoms with Crippen LogP contribution in [0.4, 0.5) is 0 Å². The molecule has 3 aromatic carbocycles. The number of esters is 1. The van der Waals surface area contributed by atoms with Crippen LogP contribution >= 0.6 is 15.9 Å². The third kappa shape index (κ3) is 4.42. The van der Waals surface area contributed by atoms with E-state index in [2.05, 4.69) is 37.9 Å². The summed E-state index contributed by atoms with van der Waals surface area (Å²) in [6, 6.07) is 24.3. The molecule has 164 valence electrons. The van der Waals surface area contributed by atoms with Gasteiger partial charge in [0, 0.05) is 16.6 Å². The van der Waals surface area contributed by atoms with E-state index in [1.54, 1.807) is 7.11 Å². The van der Waals surface area contributed by atoms with Gasteiger partial charge in [0.1, 0.15) is 18.8 Å². The van der Waals surface area contributed by atoms with Gasteiger partial charge in [-0.15, -0.1) is 0 Å². The molecule has 0 spiro atoms. The van der Waals surface area contributed by atoms with Crippen molar-refractivity contribution in [2.24, 2.45) is 0 Å². The zero-order valence-electron chi connectivity index (χ0n) is 18.2. The first-order valence-electron chi connectivity index (χ1n) is 10.6. The second-order valence-electron chi connectivity index (χ2n) is 7.40. The molecule has 1 heterocycles. The summed E-state index contributed by atoms with van der Waals surface area (Å²) in [5.41, 5.74) is 4.64. The Kier molecular flexibility index (Phi) is 6.93. The molecule has 0 saturated carbocycles. The number of rotatable bonds is 8. The number of carbonyl (C=O) groups is 1. The first-order chi connectivity index (χ1) is 15.6. The lowest BCUT2D eigenvalue weighted by atomic mass is 10.1. The summed E-state index contributed by atoms with van der Waals surface area (Å²) < 4.78 is 14.0. The number of aromatic nitrogens is 1. The van der Waals surface area contributed by atoms with Crippen molar-refractivity contribution in [3.63, 3.8) is 0 Å². The predicted octanol–water partition coefficient (Wildman–Crippen LogP) is 4.84. The Morgan fingerprint density at radius 3 is 2.34 bits per heavy atom. The lowest BCUT2D eigenvalue weighted by Crippen LogP contribution is -2.81. The van der Waals surface area contributed by atoms with Crippen molar-refractivity contribution in [2.75, 3.05) is 13.7 Å². The molecule has 0 fully saturated rings. The zero-order valence-corrected chi connectivity index (χ0v) is 19.8. The lowest BCUT2D eigenvalue weighted by Gasteiger charge is -2.12. The van der Waals surface area contributed by atoms with Crippen molar-refractivity contribution < 1.29 is 19.6 Å². The van der Waals surface area contributed by atoms with E-state index < -0.39 is 0 Å². The van der Waals surface area contributed by atoms with E-state index >= 15 is 0 Å². The summed E-state index contributed by atoms with van der Waals surface area (Å²) in [5, 5.41) is 3.02. The number of benzene rings is 3. The van der Waals surface area contributed by atoms with Gasteiger partial charge in [-0.05, 0) is 47.1 Å². The van der Waals surface area contributed by atoms with E-state index in [0.29, 0.717) is 24.5 Å². The van der Waals surface area contributed by atoms with Gasteiger partial charge in [0.25, 0.3) is 0 Å². The average molecular weight is 494 g/mol. The van der Waals surface area contributed by atoms with Crippen LogP contribution in [0.3, 0.4) is 0 Å². The van der Waals surface area contributed by atoms with Gasteiger partial charge in [0.2, 0.25) is 0 Å².